The third-order valence-electron chi connectivity index (χ3n) is 2.94. The molecule has 1 amide bonds. The second-order valence-corrected chi connectivity index (χ2v) is 5.39. The third-order valence-corrected chi connectivity index (χ3v) is 2.94. The van der Waals surface area contributed by atoms with E-state index in [0.29, 0.717) is 6.54 Å². The van der Waals surface area contributed by atoms with E-state index in [1.807, 2.05) is 13.8 Å². The van der Waals surface area contributed by atoms with Crippen molar-refractivity contribution in [2.75, 3.05) is 6.54 Å². The summed E-state index contributed by atoms with van der Waals surface area (Å²) in [5.74, 6) is 0.435. The summed E-state index contributed by atoms with van der Waals surface area (Å²) in [5, 5.41) is 2.96. The van der Waals surface area contributed by atoms with Crippen LogP contribution in [0.2, 0.25) is 0 Å². The van der Waals surface area contributed by atoms with E-state index in [4.69, 9.17) is 5.73 Å². The lowest BCUT2D eigenvalue weighted by atomic mass is 9.99. The van der Waals surface area contributed by atoms with Gasteiger partial charge in [-0.25, -0.2) is 0 Å². The van der Waals surface area contributed by atoms with E-state index >= 15 is 0 Å². The van der Waals surface area contributed by atoms with Gasteiger partial charge in [0.05, 0.1) is 0 Å². The molecule has 0 heterocycles. The maximum absolute atomic E-state index is 11.8. The fourth-order valence-electron chi connectivity index (χ4n) is 2.00. The molecule has 1 aliphatic rings. The Morgan fingerprint density at radius 2 is 1.80 bits per heavy atom. The van der Waals surface area contributed by atoms with Gasteiger partial charge in [0, 0.05) is 18.0 Å². The molecule has 0 atom stereocenters. The topological polar surface area (TPSA) is 55.1 Å². The van der Waals surface area contributed by atoms with Crippen LogP contribution < -0.4 is 11.1 Å². The van der Waals surface area contributed by atoms with Crippen LogP contribution in [-0.2, 0) is 4.79 Å². The molecule has 1 aliphatic carbocycles. The molecule has 1 rings (SSSR count). The van der Waals surface area contributed by atoms with Crippen molar-refractivity contribution < 1.29 is 4.79 Å². The van der Waals surface area contributed by atoms with E-state index in [-0.39, 0.29) is 17.4 Å². The average Bonchev–Trinajstić information content (AvgIpc) is 2.41. The molecular weight excluding hydrogens is 188 g/mol. The predicted molar refractivity (Wildman–Crippen MR) is 62.5 cm³/mol. The van der Waals surface area contributed by atoms with Crippen molar-refractivity contribution in [1.29, 1.82) is 0 Å². The van der Waals surface area contributed by atoms with E-state index in [1.54, 1.807) is 0 Å². The number of carbonyl (C=O) groups is 1. The molecule has 15 heavy (non-hydrogen) atoms. The number of amides is 1. The first-order valence-electron chi connectivity index (χ1n) is 6.06. The number of rotatable bonds is 3. The Bertz CT molecular complexity index is 200. The summed E-state index contributed by atoms with van der Waals surface area (Å²) in [7, 11) is 0. The lowest BCUT2D eigenvalue weighted by Gasteiger charge is -2.21. The molecule has 0 spiro atoms. The number of hydrogen-bond donors (Lipinski definition) is 2. The van der Waals surface area contributed by atoms with Gasteiger partial charge in [0.2, 0.25) is 5.91 Å². The minimum absolute atomic E-state index is 0.204. The number of hydrogen-bond acceptors (Lipinski definition) is 2. The summed E-state index contributed by atoms with van der Waals surface area (Å²) in [6.07, 6.45) is 7.07. The minimum Gasteiger partial charge on any atom is -0.354 e. The Morgan fingerprint density at radius 3 is 2.27 bits per heavy atom. The Labute approximate surface area is 92.8 Å². The van der Waals surface area contributed by atoms with Crippen LogP contribution in [0.15, 0.2) is 0 Å². The summed E-state index contributed by atoms with van der Waals surface area (Å²) < 4.78 is 0. The van der Waals surface area contributed by atoms with E-state index in [0.717, 1.165) is 12.8 Å². The summed E-state index contributed by atoms with van der Waals surface area (Å²) >= 11 is 0. The van der Waals surface area contributed by atoms with Crippen LogP contribution >= 0.6 is 0 Å². The van der Waals surface area contributed by atoms with Gasteiger partial charge >= 0.3 is 0 Å². The highest BCUT2D eigenvalue weighted by Gasteiger charge is 2.21. The van der Waals surface area contributed by atoms with Gasteiger partial charge in [-0.3, -0.25) is 4.79 Å². The Kier molecular flexibility index (Phi) is 4.58. The van der Waals surface area contributed by atoms with E-state index in [9.17, 15) is 4.79 Å². The highest BCUT2D eigenvalue weighted by molar-refractivity contribution is 5.78. The molecule has 0 aromatic rings. The van der Waals surface area contributed by atoms with Gasteiger partial charge in [-0.1, -0.05) is 25.7 Å². The van der Waals surface area contributed by atoms with Crippen LogP contribution in [0.5, 0.6) is 0 Å². The Balaban J connectivity index is 2.32. The Morgan fingerprint density at radius 1 is 1.27 bits per heavy atom. The molecule has 0 aliphatic heterocycles. The molecule has 0 aromatic carbocycles. The average molecular weight is 212 g/mol. The first kappa shape index (κ1) is 12.5. The fourth-order valence-corrected chi connectivity index (χ4v) is 2.00. The first-order chi connectivity index (χ1) is 6.99. The SMILES string of the molecule is CC(C)(N)CNC(=O)C1CCCCCC1. The largest absolute Gasteiger partial charge is 0.354 e. The predicted octanol–water partition coefficient (Wildman–Crippen LogP) is 1.81. The standard InChI is InChI=1S/C12H24N2O/c1-12(2,13)9-14-11(15)10-7-5-3-4-6-8-10/h10H,3-9,13H2,1-2H3,(H,14,15). The highest BCUT2D eigenvalue weighted by atomic mass is 16.1. The number of nitrogens with two attached hydrogens (primary N) is 1. The third kappa shape index (κ3) is 5.17. The van der Waals surface area contributed by atoms with Crippen LogP contribution in [0.4, 0.5) is 0 Å². The maximum atomic E-state index is 11.8. The molecule has 0 unspecified atom stereocenters. The van der Waals surface area contributed by atoms with E-state index in [1.165, 1.54) is 25.7 Å². The van der Waals surface area contributed by atoms with Gasteiger partial charge in [0.25, 0.3) is 0 Å². The highest BCUT2D eigenvalue weighted by Crippen LogP contribution is 2.22. The molecule has 1 saturated carbocycles. The van der Waals surface area contributed by atoms with Crippen LogP contribution in [0.1, 0.15) is 52.4 Å². The summed E-state index contributed by atoms with van der Waals surface area (Å²) in [6, 6.07) is 0. The van der Waals surface area contributed by atoms with Gasteiger partial charge in [-0.15, -0.1) is 0 Å². The quantitative estimate of drug-likeness (QED) is 0.701. The lowest BCUT2D eigenvalue weighted by Crippen LogP contribution is -2.46. The molecule has 0 saturated heterocycles. The fraction of sp³-hybridized carbons (Fsp3) is 0.917. The van der Waals surface area contributed by atoms with Crippen LogP contribution in [0.25, 0.3) is 0 Å². The normalized spacial score (nSPS) is 19.7. The second kappa shape index (κ2) is 5.50. The van der Waals surface area contributed by atoms with Gasteiger partial charge in [0.1, 0.15) is 0 Å². The molecular formula is C12H24N2O. The van der Waals surface area contributed by atoms with Gasteiger partial charge < -0.3 is 11.1 Å². The van der Waals surface area contributed by atoms with Crippen molar-refractivity contribution in [1.82, 2.24) is 5.32 Å². The monoisotopic (exact) mass is 212 g/mol. The molecule has 0 radical (unpaired) electrons. The molecule has 3 N–H and O–H groups in total. The van der Waals surface area contributed by atoms with Crippen molar-refractivity contribution >= 4 is 5.91 Å². The van der Waals surface area contributed by atoms with Gasteiger partial charge in [0.15, 0.2) is 0 Å². The molecule has 3 nitrogen and oxygen atoms in total. The molecule has 0 aromatic heterocycles. The molecule has 0 bridgehead atoms. The van der Waals surface area contributed by atoms with Crippen LogP contribution in [-0.4, -0.2) is 18.0 Å². The molecule has 3 heteroatoms. The maximum Gasteiger partial charge on any atom is 0.223 e. The van der Waals surface area contributed by atoms with Gasteiger partial charge in [-0.05, 0) is 26.7 Å². The summed E-state index contributed by atoms with van der Waals surface area (Å²) in [5.41, 5.74) is 5.52. The zero-order chi connectivity index (χ0) is 11.3. The second-order valence-electron chi connectivity index (χ2n) is 5.39. The zero-order valence-corrected chi connectivity index (χ0v) is 10.0. The lowest BCUT2D eigenvalue weighted by molar-refractivity contribution is -0.125. The van der Waals surface area contributed by atoms with Gasteiger partial charge in [-0.2, -0.15) is 0 Å². The molecule has 1 fully saturated rings. The number of carbonyl (C=O) groups excluding carboxylic acids is 1. The van der Waals surface area contributed by atoms with Crippen molar-refractivity contribution in [3.05, 3.63) is 0 Å². The Hall–Kier alpha value is -0.570. The number of nitrogens with one attached hydrogen (secondary N) is 1. The van der Waals surface area contributed by atoms with E-state index in [2.05, 4.69) is 5.32 Å². The van der Waals surface area contributed by atoms with E-state index < -0.39 is 0 Å². The molecule has 88 valence electrons. The van der Waals surface area contributed by atoms with Crippen molar-refractivity contribution in [2.45, 2.75) is 57.9 Å². The summed E-state index contributed by atoms with van der Waals surface area (Å²) in [4.78, 5) is 11.8. The van der Waals surface area contributed by atoms with Crippen LogP contribution in [0.3, 0.4) is 0 Å². The van der Waals surface area contributed by atoms with Crippen molar-refractivity contribution in [2.24, 2.45) is 11.7 Å². The van der Waals surface area contributed by atoms with Crippen LogP contribution in [0, 0.1) is 5.92 Å². The smallest absolute Gasteiger partial charge is 0.223 e. The van der Waals surface area contributed by atoms with Crippen molar-refractivity contribution in [3.63, 3.8) is 0 Å². The first-order valence-corrected chi connectivity index (χ1v) is 6.06. The van der Waals surface area contributed by atoms with Crippen molar-refractivity contribution in [3.8, 4) is 0 Å². The zero-order valence-electron chi connectivity index (χ0n) is 10.0. The summed E-state index contributed by atoms with van der Waals surface area (Å²) in [6.45, 7) is 4.43. The minimum atomic E-state index is -0.305.